The van der Waals surface area contributed by atoms with Crippen LogP contribution in [-0.2, 0) is 11.3 Å². The van der Waals surface area contributed by atoms with Crippen molar-refractivity contribution < 1.29 is 14.3 Å². The van der Waals surface area contributed by atoms with Gasteiger partial charge in [0.25, 0.3) is 5.91 Å². The SMILES string of the molecule is COc1ccc(CNC(=O)COc2ccc(N)cc2)cc1. The molecule has 5 nitrogen and oxygen atoms in total. The molecule has 0 spiro atoms. The Morgan fingerprint density at radius 1 is 1.05 bits per heavy atom. The van der Waals surface area contributed by atoms with Crippen LogP contribution >= 0.6 is 0 Å². The fourth-order valence-electron chi connectivity index (χ4n) is 1.71. The van der Waals surface area contributed by atoms with Crippen LogP contribution in [0.5, 0.6) is 11.5 Å². The average Bonchev–Trinajstić information content (AvgIpc) is 2.53. The Labute approximate surface area is 123 Å². The van der Waals surface area contributed by atoms with Crippen molar-refractivity contribution in [1.29, 1.82) is 0 Å². The minimum atomic E-state index is -0.178. The monoisotopic (exact) mass is 286 g/mol. The van der Waals surface area contributed by atoms with E-state index < -0.39 is 0 Å². The maximum atomic E-state index is 11.7. The highest BCUT2D eigenvalue weighted by Gasteiger charge is 2.03. The van der Waals surface area contributed by atoms with Gasteiger partial charge in [-0.05, 0) is 42.0 Å². The van der Waals surface area contributed by atoms with Gasteiger partial charge < -0.3 is 20.5 Å². The third kappa shape index (κ3) is 4.72. The van der Waals surface area contributed by atoms with Crippen molar-refractivity contribution in [3.63, 3.8) is 0 Å². The van der Waals surface area contributed by atoms with E-state index in [1.165, 1.54) is 0 Å². The Morgan fingerprint density at radius 3 is 2.29 bits per heavy atom. The lowest BCUT2D eigenvalue weighted by atomic mass is 10.2. The van der Waals surface area contributed by atoms with Crippen LogP contribution in [0.3, 0.4) is 0 Å². The van der Waals surface area contributed by atoms with E-state index in [1.54, 1.807) is 31.4 Å². The van der Waals surface area contributed by atoms with E-state index in [-0.39, 0.29) is 12.5 Å². The number of hydrogen-bond donors (Lipinski definition) is 2. The minimum Gasteiger partial charge on any atom is -0.497 e. The first-order chi connectivity index (χ1) is 10.2. The van der Waals surface area contributed by atoms with E-state index in [9.17, 15) is 4.79 Å². The molecule has 2 aromatic carbocycles. The Morgan fingerprint density at radius 2 is 1.67 bits per heavy atom. The first kappa shape index (κ1) is 14.7. The number of ether oxygens (including phenoxy) is 2. The Kier molecular flexibility index (Phi) is 5.04. The molecule has 0 atom stereocenters. The summed E-state index contributed by atoms with van der Waals surface area (Å²) >= 11 is 0. The number of carbonyl (C=O) groups excluding carboxylic acids is 1. The maximum absolute atomic E-state index is 11.7. The summed E-state index contributed by atoms with van der Waals surface area (Å²) < 4.78 is 10.4. The summed E-state index contributed by atoms with van der Waals surface area (Å²) in [5.41, 5.74) is 7.23. The van der Waals surface area contributed by atoms with Gasteiger partial charge in [0.2, 0.25) is 0 Å². The molecule has 0 aliphatic carbocycles. The van der Waals surface area contributed by atoms with E-state index >= 15 is 0 Å². The predicted molar refractivity (Wildman–Crippen MR) is 81.2 cm³/mol. The zero-order chi connectivity index (χ0) is 15.1. The molecule has 0 radical (unpaired) electrons. The second-order valence-corrected chi connectivity index (χ2v) is 4.48. The van der Waals surface area contributed by atoms with Gasteiger partial charge in [-0.3, -0.25) is 4.79 Å². The lowest BCUT2D eigenvalue weighted by Gasteiger charge is -2.08. The van der Waals surface area contributed by atoms with Crippen LogP contribution in [0.4, 0.5) is 5.69 Å². The summed E-state index contributed by atoms with van der Waals surface area (Å²) in [4.78, 5) is 11.7. The number of anilines is 1. The maximum Gasteiger partial charge on any atom is 0.258 e. The van der Waals surface area contributed by atoms with E-state index in [0.717, 1.165) is 11.3 Å². The van der Waals surface area contributed by atoms with Crippen LogP contribution in [0.2, 0.25) is 0 Å². The summed E-state index contributed by atoms with van der Waals surface area (Å²) in [5, 5.41) is 2.79. The van der Waals surface area contributed by atoms with E-state index in [4.69, 9.17) is 15.2 Å². The smallest absolute Gasteiger partial charge is 0.258 e. The van der Waals surface area contributed by atoms with Crippen molar-refractivity contribution in [1.82, 2.24) is 5.32 Å². The van der Waals surface area contributed by atoms with Crippen molar-refractivity contribution in [2.24, 2.45) is 0 Å². The molecule has 3 N–H and O–H groups in total. The van der Waals surface area contributed by atoms with Gasteiger partial charge in [-0.15, -0.1) is 0 Å². The fourth-order valence-corrected chi connectivity index (χ4v) is 1.71. The molecule has 0 bridgehead atoms. The summed E-state index contributed by atoms with van der Waals surface area (Å²) in [6, 6.07) is 14.4. The van der Waals surface area contributed by atoms with Gasteiger partial charge in [0.05, 0.1) is 7.11 Å². The van der Waals surface area contributed by atoms with Crippen molar-refractivity contribution in [3.8, 4) is 11.5 Å². The number of amides is 1. The van der Waals surface area contributed by atoms with Crippen LogP contribution in [0.1, 0.15) is 5.56 Å². The zero-order valence-electron chi connectivity index (χ0n) is 11.8. The third-order valence-corrected chi connectivity index (χ3v) is 2.90. The van der Waals surface area contributed by atoms with Gasteiger partial charge in [0, 0.05) is 12.2 Å². The van der Waals surface area contributed by atoms with Crippen molar-refractivity contribution in [2.45, 2.75) is 6.54 Å². The second-order valence-electron chi connectivity index (χ2n) is 4.48. The van der Waals surface area contributed by atoms with Crippen LogP contribution in [0.15, 0.2) is 48.5 Å². The number of carbonyl (C=O) groups is 1. The number of rotatable bonds is 6. The Balaban J connectivity index is 1.75. The normalized spacial score (nSPS) is 9.95. The molecule has 0 fully saturated rings. The number of nitrogen functional groups attached to an aromatic ring is 1. The summed E-state index contributed by atoms with van der Waals surface area (Å²) in [7, 11) is 1.62. The molecule has 2 aromatic rings. The molecule has 0 heterocycles. The van der Waals surface area contributed by atoms with E-state index in [2.05, 4.69) is 5.32 Å². The van der Waals surface area contributed by atoms with Crippen LogP contribution in [0, 0.1) is 0 Å². The average molecular weight is 286 g/mol. The van der Waals surface area contributed by atoms with Crippen LogP contribution in [0.25, 0.3) is 0 Å². The van der Waals surface area contributed by atoms with Crippen molar-refractivity contribution in [3.05, 3.63) is 54.1 Å². The first-order valence-electron chi connectivity index (χ1n) is 6.55. The number of benzene rings is 2. The number of hydrogen-bond acceptors (Lipinski definition) is 4. The van der Waals surface area contributed by atoms with Crippen LogP contribution in [-0.4, -0.2) is 19.6 Å². The van der Waals surface area contributed by atoms with E-state index in [0.29, 0.717) is 18.0 Å². The molecule has 0 aromatic heterocycles. The second kappa shape index (κ2) is 7.19. The number of methoxy groups -OCH3 is 1. The molecule has 2 rings (SSSR count). The number of nitrogens with one attached hydrogen (secondary N) is 1. The largest absolute Gasteiger partial charge is 0.497 e. The Bertz CT molecular complexity index is 579. The molecule has 0 unspecified atom stereocenters. The summed E-state index contributed by atoms with van der Waals surface area (Å²) in [6.07, 6.45) is 0. The molecule has 0 aliphatic rings. The lowest BCUT2D eigenvalue weighted by Crippen LogP contribution is -2.28. The highest BCUT2D eigenvalue weighted by Crippen LogP contribution is 2.13. The van der Waals surface area contributed by atoms with Gasteiger partial charge in [0.1, 0.15) is 11.5 Å². The van der Waals surface area contributed by atoms with Gasteiger partial charge in [-0.2, -0.15) is 0 Å². The predicted octanol–water partition coefficient (Wildman–Crippen LogP) is 1.97. The Hall–Kier alpha value is -2.69. The summed E-state index contributed by atoms with van der Waals surface area (Å²) in [6.45, 7) is 0.425. The van der Waals surface area contributed by atoms with Gasteiger partial charge in [-0.1, -0.05) is 12.1 Å². The molecule has 0 saturated heterocycles. The van der Waals surface area contributed by atoms with Gasteiger partial charge in [0.15, 0.2) is 6.61 Å². The molecule has 21 heavy (non-hydrogen) atoms. The molecular formula is C16H18N2O3. The van der Waals surface area contributed by atoms with Gasteiger partial charge >= 0.3 is 0 Å². The highest BCUT2D eigenvalue weighted by molar-refractivity contribution is 5.77. The van der Waals surface area contributed by atoms with Crippen molar-refractivity contribution in [2.75, 3.05) is 19.5 Å². The highest BCUT2D eigenvalue weighted by atomic mass is 16.5. The molecule has 5 heteroatoms. The molecule has 110 valence electrons. The molecule has 0 saturated carbocycles. The fraction of sp³-hybridized carbons (Fsp3) is 0.188. The van der Waals surface area contributed by atoms with E-state index in [1.807, 2.05) is 24.3 Å². The standard InChI is InChI=1S/C16H18N2O3/c1-20-14-6-2-12(3-7-14)10-18-16(19)11-21-15-8-4-13(17)5-9-15/h2-9H,10-11,17H2,1H3,(H,18,19). The summed E-state index contributed by atoms with van der Waals surface area (Å²) in [5.74, 6) is 1.23. The molecule has 1 amide bonds. The first-order valence-corrected chi connectivity index (χ1v) is 6.55. The number of nitrogens with two attached hydrogens (primary N) is 1. The topological polar surface area (TPSA) is 73.6 Å². The lowest BCUT2D eigenvalue weighted by molar-refractivity contribution is -0.123. The molecular weight excluding hydrogens is 268 g/mol. The van der Waals surface area contributed by atoms with Crippen molar-refractivity contribution >= 4 is 11.6 Å². The van der Waals surface area contributed by atoms with Gasteiger partial charge in [-0.25, -0.2) is 0 Å². The quantitative estimate of drug-likeness (QED) is 0.796. The third-order valence-electron chi connectivity index (χ3n) is 2.90. The van der Waals surface area contributed by atoms with Crippen LogP contribution < -0.4 is 20.5 Å². The minimum absolute atomic E-state index is 0.0277. The zero-order valence-corrected chi connectivity index (χ0v) is 11.8. The molecule has 0 aliphatic heterocycles.